The molecule has 0 saturated carbocycles. The van der Waals surface area contributed by atoms with Crippen LogP contribution in [0, 0.1) is 5.82 Å². The van der Waals surface area contributed by atoms with E-state index in [2.05, 4.69) is 0 Å². The van der Waals surface area contributed by atoms with E-state index in [-0.39, 0.29) is 10.6 Å². The lowest BCUT2D eigenvalue weighted by Gasteiger charge is -2.29. The number of nitrogens with zero attached hydrogens (tertiary/aromatic N) is 1. The molecule has 20 heavy (non-hydrogen) atoms. The summed E-state index contributed by atoms with van der Waals surface area (Å²) < 4.78 is 50.3. The lowest BCUT2D eigenvalue weighted by molar-refractivity contribution is -0.157. The van der Waals surface area contributed by atoms with E-state index in [0.717, 1.165) is 12.1 Å². The number of hydrogen-bond acceptors (Lipinski definition) is 2. The molecular weight excluding hydrogens is 302 g/mol. The topological polar surface area (TPSA) is 40.5 Å². The third-order valence-electron chi connectivity index (χ3n) is 2.68. The first-order valence-electron chi connectivity index (χ1n) is 5.57. The van der Waals surface area contributed by atoms with E-state index in [1.165, 1.54) is 13.0 Å². The maximum absolute atomic E-state index is 12.9. The molecule has 0 aromatic heterocycles. The minimum Gasteiger partial charge on any atom is -0.480 e. The molecule has 1 unspecified atom stereocenters. The van der Waals surface area contributed by atoms with Crippen LogP contribution in [0.15, 0.2) is 18.2 Å². The Morgan fingerprint density at radius 2 is 2.05 bits per heavy atom. The monoisotopic (exact) mass is 313 g/mol. The van der Waals surface area contributed by atoms with Crippen LogP contribution in [0.4, 0.5) is 17.6 Å². The molecule has 0 fully saturated rings. The second kappa shape index (κ2) is 6.41. The normalized spacial score (nSPS) is 13.6. The molecule has 0 aliphatic carbocycles. The van der Waals surface area contributed by atoms with E-state index in [9.17, 15) is 22.4 Å². The first-order valence-corrected chi connectivity index (χ1v) is 5.95. The molecule has 0 saturated heterocycles. The number of alkyl halides is 3. The van der Waals surface area contributed by atoms with Gasteiger partial charge in [-0.2, -0.15) is 13.2 Å². The Morgan fingerprint density at radius 1 is 1.45 bits per heavy atom. The summed E-state index contributed by atoms with van der Waals surface area (Å²) in [5.74, 6) is -2.01. The lowest BCUT2D eigenvalue weighted by Crippen LogP contribution is -2.39. The van der Waals surface area contributed by atoms with Crippen LogP contribution in [0.1, 0.15) is 18.5 Å². The van der Waals surface area contributed by atoms with E-state index in [0.29, 0.717) is 4.90 Å². The van der Waals surface area contributed by atoms with Crippen LogP contribution in [-0.2, 0) is 4.79 Å². The number of carboxylic acid groups (broad SMARTS) is 1. The molecule has 0 bridgehead atoms. The number of halogens is 5. The fraction of sp³-hybridized carbons (Fsp3) is 0.417. The van der Waals surface area contributed by atoms with Crippen LogP contribution < -0.4 is 0 Å². The largest absolute Gasteiger partial charge is 0.480 e. The van der Waals surface area contributed by atoms with Crippen molar-refractivity contribution in [2.45, 2.75) is 19.1 Å². The minimum atomic E-state index is -4.55. The van der Waals surface area contributed by atoms with Crippen LogP contribution in [0.3, 0.4) is 0 Å². The van der Waals surface area contributed by atoms with Crippen molar-refractivity contribution in [3.05, 3.63) is 34.6 Å². The molecule has 8 heteroatoms. The fourth-order valence-electron chi connectivity index (χ4n) is 1.77. The average molecular weight is 314 g/mol. The molecule has 0 spiro atoms. The summed E-state index contributed by atoms with van der Waals surface area (Å²) in [5, 5.41) is 8.64. The molecule has 112 valence electrons. The van der Waals surface area contributed by atoms with Crippen molar-refractivity contribution in [1.82, 2.24) is 4.90 Å². The van der Waals surface area contributed by atoms with Gasteiger partial charge in [-0.25, -0.2) is 4.39 Å². The standard InChI is InChI=1S/C12H12ClF4NO2/c1-7(9-3-2-8(14)4-10(9)13)18(5-11(19)20)6-12(15,16)17/h2-4,7H,5-6H2,1H3,(H,19,20). The molecule has 1 atom stereocenters. The quantitative estimate of drug-likeness (QED) is 0.846. The fourth-order valence-corrected chi connectivity index (χ4v) is 2.10. The van der Waals surface area contributed by atoms with Crippen LogP contribution >= 0.6 is 11.6 Å². The SMILES string of the molecule is CC(c1ccc(F)cc1Cl)N(CC(=O)O)CC(F)(F)F. The van der Waals surface area contributed by atoms with Gasteiger partial charge < -0.3 is 5.11 Å². The highest BCUT2D eigenvalue weighted by atomic mass is 35.5. The predicted octanol–water partition coefficient (Wildman–Crippen LogP) is 3.49. The summed E-state index contributed by atoms with van der Waals surface area (Å²) in [6.45, 7) is -0.809. The predicted molar refractivity (Wildman–Crippen MR) is 65.1 cm³/mol. The number of carboxylic acids is 1. The summed E-state index contributed by atoms with van der Waals surface area (Å²) >= 11 is 5.78. The van der Waals surface area contributed by atoms with Crippen molar-refractivity contribution < 1.29 is 27.5 Å². The lowest BCUT2D eigenvalue weighted by atomic mass is 10.1. The molecule has 0 radical (unpaired) electrons. The zero-order chi connectivity index (χ0) is 15.5. The number of carbonyl (C=O) groups is 1. The highest BCUT2D eigenvalue weighted by Gasteiger charge is 2.34. The Hall–Kier alpha value is -1.34. The van der Waals surface area contributed by atoms with Gasteiger partial charge in [0.15, 0.2) is 0 Å². The van der Waals surface area contributed by atoms with Crippen molar-refractivity contribution in [2.24, 2.45) is 0 Å². The Bertz CT molecular complexity index is 493. The molecular formula is C12H12ClF4NO2. The third kappa shape index (κ3) is 4.97. The molecule has 1 rings (SSSR count). The Labute approximate surface area is 117 Å². The van der Waals surface area contributed by atoms with Gasteiger partial charge in [-0.15, -0.1) is 0 Å². The van der Waals surface area contributed by atoms with Gasteiger partial charge >= 0.3 is 12.1 Å². The highest BCUT2D eigenvalue weighted by molar-refractivity contribution is 6.31. The van der Waals surface area contributed by atoms with Gasteiger partial charge in [0, 0.05) is 11.1 Å². The average Bonchev–Trinajstić information content (AvgIpc) is 2.24. The van der Waals surface area contributed by atoms with E-state index in [1.807, 2.05) is 0 Å². The van der Waals surface area contributed by atoms with Crippen LogP contribution in [-0.4, -0.2) is 35.2 Å². The van der Waals surface area contributed by atoms with Gasteiger partial charge in [0.05, 0.1) is 13.1 Å². The van der Waals surface area contributed by atoms with Gasteiger partial charge in [0.25, 0.3) is 0 Å². The Kier molecular flexibility index (Phi) is 5.35. The van der Waals surface area contributed by atoms with E-state index in [1.54, 1.807) is 0 Å². The van der Waals surface area contributed by atoms with Crippen LogP contribution in [0.25, 0.3) is 0 Å². The molecule has 0 heterocycles. The number of aliphatic carboxylic acids is 1. The first kappa shape index (κ1) is 16.7. The maximum atomic E-state index is 12.9. The van der Waals surface area contributed by atoms with Gasteiger partial charge in [-0.05, 0) is 24.6 Å². The highest BCUT2D eigenvalue weighted by Crippen LogP contribution is 2.30. The van der Waals surface area contributed by atoms with Crippen molar-refractivity contribution in [2.75, 3.05) is 13.1 Å². The third-order valence-corrected chi connectivity index (χ3v) is 3.01. The molecule has 1 N–H and O–H groups in total. The number of rotatable bonds is 5. The van der Waals surface area contributed by atoms with Crippen LogP contribution in [0.5, 0.6) is 0 Å². The molecule has 0 aliphatic rings. The van der Waals surface area contributed by atoms with Crippen molar-refractivity contribution in [3.8, 4) is 0 Å². The van der Waals surface area contributed by atoms with Crippen molar-refractivity contribution in [1.29, 1.82) is 0 Å². The molecule has 0 aliphatic heterocycles. The Morgan fingerprint density at radius 3 is 2.50 bits per heavy atom. The Balaban J connectivity index is 3.02. The first-order chi connectivity index (χ1) is 9.10. The zero-order valence-corrected chi connectivity index (χ0v) is 11.2. The number of benzene rings is 1. The van der Waals surface area contributed by atoms with E-state index < -0.39 is 37.1 Å². The summed E-state index contributed by atoms with van der Waals surface area (Å²) in [4.78, 5) is 11.4. The summed E-state index contributed by atoms with van der Waals surface area (Å²) in [6.07, 6.45) is -4.55. The summed E-state index contributed by atoms with van der Waals surface area (Å²) in [7, 11) is 0. The second-order valence-corrected chi connectivity index (χ2v) is 4.66. The zero-order valence-electron chi connectivity index (χ0n) is 10.4. The smallest absolute Gasteiger partial charge is 0.401 e. The number of hydrogen-bond donors (Lipinski definition) is 1. The molecule has 1 aromatic rings. The van der Waals surface area contributed by atoms with Gasteiger partial charge in [-0.3, -0.25) is 9.69 Å². The van der Waals surface area contributed by atoms with Gasteiger partial charge in [0.2, 0.25) is 0 Å². The molecule has 0 amide bonds. The summed E-state index contributed by atoms with van der Waals surface area (Å²) in [6, 6.07) is 2.36. The van der Waals surface area contributed by atoms with E-state index >= 15 is 0 Å². The maximum Gasteiger partial charge on any atom is 0.401 e. The summed E-state index contributed by atoms with van der Waals surface area (Å²) in [5.41, 5.74) is 0.235. The second-order valence-electron chi connectivity index (χ2n) is 4.26. The van der Waals surface area contributed by atoms with Crippen LogP contribution in [0.2, 0.25) is 5.02 Å². The minimum absolute atomic E-state index is 0.0462. The van der Waals surface area contributed by atoms with Gasteiger partial charge in [0.1, 0.15) is 5.82 Å². The van der Waals surface area contributed by atoms with Crippen molar-refractivity contribution >= 4 is 17.6 Å². The van der Waals surface area contributed by atoms with Crippen molar-refractivity contribution in [3.63, 3.8) is 0 Å². The molecule has 3 nitrogen and oxygen atoms in total. The van der Waals surface area contributed by atoms with Gasteiger partial charge in [-0.1, -0.05) is 17.7 Å². The van der Waals surface area contributed by atoms with E-state index in [4.69, 9.17) is 16.7 Å². The molecule has 1 aromatic carbocycles.